The second-order valence-electron chi connectivity index (χ2n) is 4.12. The zero-order valence-corrected chi connectivity index (χ0v) is 10.1. The third-order valence-electron chi connectivity index (χ3n) is 2.84. The summed E-state index contributed by atoms with van der Waals surface area (Å²) >= 11 is 0. The highest BCUT2D eigenvalue weighted by atomic mass is 15.1. The van der Waals surface area contributed by atoms with Crippen molar-refractivity contribution in [1.29, 1.82) is 0 Å². The summed E-state index contributed by atoms with van der Waals surface area (Å²) in [5.41, 5.74) is 9.19. The minimum absolute atomic E-state index is 0.473. The van der Waals surface area contributed by atoms with E-state index in [0.29, 0.717) is 5.82 Å². The van der Waals surface area contributed by atoms with Gasteiger partial charge in [-0.05, 0) is 42.5 Å². The van der Waals surface area contributed by atoms with E-state index in [0.717, 1.165) is 25.0 Å². The summed E-state index contributed by atoms with van der Waals surface area (Å²) in [6.45, 7) is 2.17. The monoisotopic (exact) mass is 227 g/mol. The Hall–Kier alpha value is -1.90. The third kappa shape index (κ3) is 3.28. The van der Waals surface area contributed by atoms with E-state index in [4.69, 9.17) is 5.73 Å². The van der Waals surface area contributed by atoms with Gasteiger partial charge in [0.1, 0.15) is 5.82 Å². The van der Waals surface area contributed by atoms with Gasteiger partial charge in [0, 0.05) is 0 Å². The lowest BCUT2D eigenvalue weighted by molar-refractivity contribution is 0.862. The minimum atomic E-state index is 0.473. The number of nitrogen functional groups attached to an aromatic ring is 1. The van der Waals surface area contributed by atoms with Crippen LogP contribution in [0.2, 0.25) is 0 Å². The maximum absolute atomic E-state index is 5.49. The fourth-order valence-corrected chi connectivity index (χ4v) is 1.72. The third-order valence-corrected chi connectivity index (χ3v) is 2.84. The second kappa shape index (κ2) is 5.43. The van der Waals surface area contributed by atoms with Crippen molar-refractivity contribution in [2.45, 2.75) is 26.2 Å². The molecule has 0 spiro atoms. The molecule has 0 unspecified atom stereocenters. The van der Waals surface area contributed by atoms with Crippen LogP contribution >= 0.6 is 0 Å². The van der Waals surface area contributed by atoms with Crippen LogP contribution in [0, 0.1) is 0 Å². The summed E-state index contributed by atoms with van der Waals surface area (Å²) in [5.74, 6) is 0.473. The van der Waals surface area contributed by atoms with Gasteiger partial charge in [-0.3, -0.25) is 0 Å². The number of hydrogen-bond donors (Lipinski definition) is 1. The van der Waals surface area contributed by atoms with E-state index in [9.17, 15) is 0 Å². The van der Waals surface area contributed by atoms with Gasteiger partial charge in [-0.1, -0.05) is 31.2 Å². The average molecular weight is 227 g/mol. The zero-order chi connectivity index (χ0) is 12.1. The highest BCUT2D eigenvalue weighted by Gasteiger charge is 1.98. The smallest absolute Gasteiger partial charge is 0.146 e. The van der Waals surface area contributed by atoms with Crippen molar-refractivity contribution < 1.29 is 0 Å². The molecule has 0 fully saturated rings. The molecule has 0 bridgehead atoms. The summed E-state index contributed by atoms with van der Waals surface area (Å²) < 4.78 is 0. The Morgan fingerprint density at radius 1 is 0.882 bits per heavy atom. The first-order valence-corrected chi connectivity index (χ1v) is 5.94. The van der Waals surface area contributed by atoms with Crippen molar-refractivity contribution in [2.24, 2.45) is 0 Å². The summed E-state index contributed by atoms with van der Waals surface area (Å²) in [5, 5.41) is 7.90. The molecule has 2 N–H and O–H groups in total. The standard InChI is InChI=1S/C14H17N3/c1-2-11-3-5-12(6-4-11)7-8-13-9-10-14(15)17-16-13/h3-6,9-10H,2,7-8H2,1H3,(H2,15,17). The van der Waals surface area contributed by atoms with Gasteiger partial charge in [0.05, 0.1) is 5.69 Å². The van der Waals surface area contributed by atoms with Crippen LogP contribution in [-0.4, -0.2) is 10.2 Å². The Labute approximate surface area is 102 Å². The number of aryl methyl sites for hydroxylation is 3. The first-order valence-electron chi connectivity index (χ1n) is 5.94. The van der Waals surface area contributed by atoms with Gasteiger partial charge in [-0.15, -0.1) is 5.10 Å². The lowest BCUT2D eigenvalue weighted by atomic mass is 10.1. The molecule has 0 aliphatic heterocycles. The van der Waals surface area contributed by atoms with Crippen molar-refractivity contribution in [3.05, 3.63) is 53.2 Å². The van der Waals surface area contributed by atoms with E-state index in [1.807, 2.05) is 6.07 Å². The van der Waals surface area contributed by atoms with Gasteiger partial charge in [-0.25, -0.2) is 0 Å². The first-order chi connectivity index (χ1) is 8.28. The molecule has 1 aromatic carbocycles. The normalized spacial score (nSPS) is 10.4. The van der Waals surface area contributed by atoms with Gasteiger partial charge in [0.25, 0.3) is 0 Å². The quantitative estimate of drug-likeness (QED) is 0.872. The van der Waals surface area contributed by atoms with E-state index < -0.39 is 0 Å². The van der Waals surface area contributed by atoms with E-state index >= 15 is 0 Å². The molecule has 3 nitrogen and oxygen atoms in total. The Morgan fingerprint density at radius 3 is 2.18 bits per heavy atom. The van der Waals surface area contributed by atoms with Crippen LogP contribution in [0.1, 0.15) is 23.7 Å². The van der Waals surface area contributed by atoms with Crippen LogP contribution < -0.4 is 5.73 Å². The molecule has 1 heterocycles. The maximum atomic E-state index is 5.49. The van der Waals surface area contributed by atoms with E-state index in [1.54, 1.807) is 6.07 Å². The largest absolute Gasteiger partial charge is 0.382 e. The molecule has 17 heavy (non-hydrogen) atoms. The molecule has 3 heteroatoms. The van der Waals surface area contributed by atoms with Crippen LogP contribution in [0.3, 0.4) is 0 Å². The topological polar surface area (TPSA) is 51.8 Å². The molecule has 0 amide bonds. The number of nitrogens with two attached hydrogens (primary N) is 1. The molecule has 1 aromatic heterocycles. The molecule has 2 rings (SSSR count). The van der Waals surface area contributed by atoms with Crippen LogP contribution in [-0.2, 0) is 19.3 Å². The van der Waals surface area contributed by atoms with Gasteiger partial charge < -0.3 is 5.73 Å². The Balaban J connectivity index is 1.95. The maximum Gasteiger partial charge on any atom is 0.146 e. The summed E-state index contributed by atoms with van der Waals surface area (Å²) in [4.78, 5) is 0. The van der Waals surface area contributed by atoms with Crippen LogP contribution in [0.5, 0.6) is 0 Å². The molecule has 0 saturated heterocycles. The number of benzene rings is 1. The zero-order valence-electron chi connectivity index (χ0n) is 10.1. The Morgan fingerprint density at radius 2 is 1.59 bits per heavy atom. The van der Waals surface area contributed by atoms with E-state index in [2.05, 4.69) is 41.4 Å². The molecule has 2 aromatic rings. The van der Waals surface area contributed by atoms with Gasteiger partial charge in [0.15, 0.2) is 0 Å². The number of rotatable bonds is 4. The SMILES string of the molecule is CCc1ccc(CCc2ccc(N)nn2)cc1. The second-order valence-corrected chi connectivity index (χ2v) is 4.12. The fourth-order valence-electron chi connectivity index (χ4n) is 1.72. The molecule has 0 aliphatic rings. The molecule has 0 aliphatic carbocycles. The highest BCUT2D eigenvalue weighted by molar-refractivity contribution is 5.26. The highest BCUT2D eigenvalue weighted by Crippen LogP contribution is 2.08. The molecular formula is C14H17N3. The van der Waals surface area contributed by atoms with E-state index in [1.165, 1.54) is 11.1 Å². The molecule has 0 saturated carbocycles. The van der Waals surface area contributed by atoms with E-state index in [-0.39, 0.29) is 0 Å². The van der Waals surface area contributed by atoms with Crippen molar-refractivity contribution in [3.8, 4) is 0 Å². The summed E-state index contributed by atoms with van der Waals surface area (Å²) in [7, 11) is 0. The minimum Gasteiger partial charge on any atom is -0.382 e. The molecule has 0 radical (unpaired) electrons. The lowest BCUT2D eigenvalue weighted by Gasteiger charge is -2.02. The Kier molecular flexibility index (Phi) is 3.70. The van der Waals surface area contributed by atoms with Gasteiger partial charge >= 0.3 is 0 Å². The van der Waals surface area contributed by atoms with Crippen molar-refractivity contribution in [2.75, 3.05) is 5.73 Å². The number of hydrogen-bond acceptors (Lipinski definition) is 3. The Bertz CT molecular complexity index is 460. The molecule has 0 atom stereocenters. The number of aromatic nitrogens is 2. The average Bonchev–Trinajstić information content (AvgIpc) is 2.39. The summed E-state index contributed by atoms with van der Waals surface area (Å²) in [6, 6.07) is 12.5. The predicted octanol–water partition coefficient (Wildman–Crippen LogP) is 2.41. The fraction of sp³-hybridized carbons (Fsp3) is 0.286. The number of anilines is 1. The number of nitrogens with zero attached hydrogens (tertiary/aromatic N) is 2. The predicted molar refractivity (Wildman–Crippen MR) is 69.7 cm³/mol. The van der Waals surface area contributed by atoms with Gasteiger partial charge in [0.2, 0.25) is 0 Å². The van der Waals surface area contributed by atoms with Crippen molar-refractivity contribution >= 4 is 5.82 Å². The molecule has 88 valence electrons. The first kappa shape index (κ1) is 11.6. The molecular weight excluding hydrogens is 210 g/mol. The van der Waals surface area contributed by atoms with Crippen LogP contribution in [0.25, 0.3) is 0 Å². The van der Waals surface area contributed by atoms with Crippen molar-refractivity contribution in [3.63, 3.8) is 0 Å². The summed E-state index contributed by atoms with van der Waals surface area (Å²) in [6.07, 6.45) is 2.98. The van der Waals surface area contributed by atoms with Gasteiger partial charge in [-0.2, -0.15) is 5.10 Å². The van der Waals surface area contributed by atoms with Crippen LogP contribution in [0.4, 0.5) is 5.82 Å². The van der Waals surface area contributed by atoms with Crippen LogP contribution in [0.15, 0.2) is 36.4 Å². The lowest BCUT2D eigenvalue weighted by Crippen LogP contribution is -1.99. The van der Waals surface area contributed by atoms with Crippen molar-refractivity contribution in [1.82, 2.24) is 10.2 Å².